The maximum Gasteiger partial charge on any atom is 0.0362 e. The molecule has 2 aromatic rings. The molecule has 0 spiro atoms. The minimum absolute atomic E-state index is 0.0299. The topological polar surface area (TPSA) is 38.0 Å². The molecule has 0 bridgehead atoms. The Labute approximate surface area is 114 Å². The molecular formula is C17H20N2. The van der Waals surface area contributed by atoms with Gasteiger partial charge in [0, 0.05) is 23.7 Å². The van der Waals surface area contributed by atoms with E-state index in [4.69, 9.17) is 5.73 Å². The summed E-state index contributed by atoms with van der Waals surface area (Å²) in [6, 6.07) is 16.9. The van der Waals surface area contributed by atoms with E-state index in [9.17, 15) is 0 Å². The Bertz CT molecular complexity index is 587. The van der Waals surface area contributed by atoms with Gasteiger partial charge in [0.15, 0.2) is 0 Å². The van der Waals surface area contributed by atoms with Gasteiger partial charge in [-0.3, -0.25) is 0 Å². The third-order valence-corrected chi connectivity index (χ3v) is 4.13. The van der Waals surface area contributed by atoms with Crippen LogP contribution in [0.1, 0.15) is 36.5 Å². The first-order valence-electron chi connectivity index (χ1n) is 6.77. The molecule has 98 valence electrons. The fourth-order valence-electron chi connectivity index (χ4n) is 3.15. The van der Waals surface area contributed by atoms with Crippen LogP contribution >= 0.6 is 0 Å². The standard InChI is InChI=1S/C17H20N2/c1-17(2)16(12-7-4-3-5-8-12)13-9-6-10-15(18)14(13)11-19-17/h3-10,16,19H,11,18H2,1-2H3. The van der Waals surface area contributed by atoms with E-state index in [0.29, 0.717) is 5.92 Å². The lowest BCUT2D eigenvalue weighted by molar-refractivity contribution is 0.324. The quantitative estimate of drug-likeness (QED) is 0.764. The number of nitrogens with two attached hydrogens (primary N) is 1. The van der Waals surface area contributed by atoms with Crippen LogP contribution in [0.15, 0.2) is 48.5 Å². The predicted octanol–water partition coefficient (Wildman–Crippen LogP) is 3.28. The number of hydrogen-bond donors (Lipinski definition) is 2. The first-order valence-corrected chi connectivity index (χ1v) is 6.77. The van der Waals surface area contributed by atoms with Crippen molar-refractivity contribution >= 4 is 5.69 Å². The molecule has 1 atom stereocenters. The first-order chi connectivity index (χ1) is 9.09. The van der Waals surface area contributed by atoms with Crippen molar-refractivity contribution in [2.75, 3.05) is 5.73 Å². The number of fused-ring (bicyclic) bond motifs is 1. The Morgan fingerprint density at radius 2 is 1.79 bits per heavy atom. The van der Waals surface area contributed by atoms with Crippen LogP contribution in [0.5, 0.6) is 0 Å². The number of nitrogen functional groups attached to an aromatic ring is 1. The Morgan fingerprint density at radius 1 is 1.05 bits per heavy atom. The molecule has 3 N–H and O–H groups in total. The Kier molecular flexibility index (Phi) is 2.83. The molecule has 2 nitrogen and oxygen atoms in total. The molecule has 1 aliphatic heterocycles. The summed E-state index contributed by atoms with van der Waals surface area (Å²) in [6.07, 6.45) is 0. The lowest BCUT2D eigenvalue weighted by Gasteiger charge is -2.42. The largest absolute Gasteiger partial charge is 0.398 e. The summed E-state index contributed by atoms with van der Waals surface area (Å²) in [5.41, 5.74) is 11.0. The molecule has 2 aromatic carbocycles. The molecule has 0 radical (unpaired) electrons. The van der Waals surface area contributed by atoms with Crippen molar-refractivity contribution in [3.05, 3.63) is 65.2 Å². The molecule has 19 heavy (non-hydrogen) atoms. The molecular weight excluding hydrogens is 232 g/mol. The molecule has 0 saturated heterocycles. The van der Waals surface area contributed by atoms with Crippen molar-refractivity contribution < 1.29 is 0 Å². The summed E-state index contributed by atoms with van der Waals surface area (Å²) in [5.74, 6) is 0.334. The number of hydrogen-bond acceptors (Lipinski definition) is 2. The number of rotatable bonds is 1. The average molecular weight is 252 g/mol. The van der Waals surface area contributed by atoms with E-state index in [1.807, 2.05) is 6.07 Å². The highest BCUT2D eigenvalue weighted by atomic mass is 15.0. The van der Waals surface area contributed by atoms with Gasteiger partial charge in [0.05, 0.1) is 0 Å². The summed E-state index contributed by atoms with van der Waals surface area (Å²) in [6.45, 7) is 5.37. The Morgan fingerprint density at radius 3 is 2.53 bits per heavy atom. The van der Waals surface area contributed by atoms with Crippen molar-refractivity contribution in [1.29, 1.82) is 0 Å². The van der Waals surface area contributed by atoms with Gasteiger partial charge < -0.3 is 11.1 Å². The second-order valence-corrected chi connectivity index (χ2v) is 5.83. The molecule has 0 fully saturated rings. The summed E-state index contributed by atoms with van der Waals surface area (Å²) >= 11 is 0. The van der Waals surface area contributed by atoms with Gasteiger partial charge >= 0.3 is 0 Å². The van der Waals surface area contributed by atoms with Crippen LogP contribution in [-0.4, -0.2) is 5.54 Å². The minimum Gasteiger partial charge on any atom is -0.398 e. The third kappa shape index (κ3) is 2.02. The first kappa shape index (κ1) is 12.2. The SMILES string of the molecule is CC1(C)NCc2c(N)cccc2C1c1ccccc1. The zero-order valence-electron chi connectivity index (χ0n) is 11.5. The maximum atomic E-state index is 6.13. The second kappa shape index (κ2) is 4.39. The van der Waals surface area contributed by atoms with Crippen molar-refractivity contribution in [1.82, 2.24) is 5.32 Å². The van der Waals surface area contributed by atoms with Gasteiger partial charge in [0.25, 0.3) is 0 Å². The average Bonchev–Trinajstić information content (AvgIpc) is 2.39. The van der Waals surface area contributed by atoms with Crippen LogP contribution in [0.25, 0.3) is 0 Å². The highest BCUT2D eigenvalue weighted by Crippen LogP contribution is 2.41. The molecule has 0 amide bonds. The molecule has 2 heteroatoms. The molecule has 0 saturated carbocycles. The summed E-state index contributed by atoms with van der Waals surface area (Å²) in [5, 5.41) is 3.62. The van der Waals surface area contributed by atoms with Gasteiger partial charge in [-0.2, -0.15) is 0 Å². The van der Waals surface area contributed by atoms with Crippen LogP contribution in [-0.2, 0) is 6.54 Å². The third-order valence-electron chi connectivity index (χ3n) is 4.13. The van der Waals surface area contributed by atoms with Crippen molar-refractivity contribution in [2.24, 2.45) is 0 Å². The zero-order chi connectivity index (χ0) is 13.5. The fourth-order valence-corrected chi connectivity index (χ4v) is 3.15. The fraction of sp³-hybridized carbons (Fsp3) is 0.294. The van der Waals surface area contributed by atoms with E-state index < -0.39 is 0 Å². The normalized spacial score (nSPS) is 20.8. The zero-order valence-corrected chi connectivity index (χ0v) is 11.5. The predicted molar refractivity (Wildman–Crippen MR) is 80.1 cm³/mol. The second-order valence-electron chi connectivity index (χ2n) is 5.83. The van der Waals surface area contributed by atoms with E-state index >= 15 is 0 Å². The Hall–Kier alpha value is -1.80. The van der Waals surface area contributed by atoms with Crippen LogP contribution < -0.4 is 11.1 Å². The van der Waals surface area contributed by atoms with E-state index in [1.54, 1.807) is 0 Å². The highest BCUT2D eigenvalue weighted by molar-refractivity contribution is 5.56. The lowest BCUT2D eigenvalue weighted by Crippen LogP contribution is -2.48. The number of nitrogens with one attached hydrogen (secondary N) is 1. The van der Waals surface area contributed by atoms with Gasteiger partial charge in [0.1, 0.15) is 0 Å². The van der Waals surface area contributed by atoms with Crippen molar-refractivity contribution in [3.63, 3.8) is 0 Å². The van der Waals surface area contributed by atoms with Crippen LogP contribution in [0, 0.1) is 0 Å². The van der Waals surface area contributed by atoms with Gasteiger partial charge in [-0.25, -0.2) is 0 Å². The van der Waals surface area contributed by atoms with Crippen molar-refractivity contribution in [3.8, 4) is 0 Å². The summed E-state index contributed by atoms with van der Waals surface area (Å²) in [7, 11) is 0. The van der Waals surface area contributed by atoms with Crippen LogP contribution in [0.2, 0.25) is 0 Å². The van der Waals surface area contributed by atoms with E-state index in [1.165, 1.54) is 16.7 Å². The van der Waals surface area contributed by atoms with Crippen LogP contribution in [0.3, 0.4) is 0 Å². The molecule has 1 unspecified atom stereocenters. The highest BCUT2D eigenvalue weighted by Gasteiger charge is 2.36. The molecule has 1 aliphatic rings. The molecule has 0 aromatic heterocycles. The van der Waals surface area contributed by atoms with Gasteiger partial charge in [-0.15, -0.1) is 0 Å². The van der Waals surface area contributed by atoms with E-state index in [-0.39, 0.29) is 5.54 Å². The minimum atomic E-state index is 0.0299. The van der Waals surface area contributed by atoms with Gasteiger partial charge in [-0.1, -0.05) is 42.5 Å². The van der Waals surface area contributed by atoms with E-state index in [0.717, 1.165) is 12.2 Å². The smallest absolute Gasteiger partial charge is 0.0362 e. The number of benzene rings is 2. The van der Waals surface area contributed by atoms with E-state index in [2.05, 4.69) is 61.6 Å². The lowest BCUT2D eigenvalue weighted by atomic mass is 9.73. The van der Waals surface area contributed by atoms with Crippen LogP contribution in [0.4, 0.5) is 5.69 Å². The summed E-state index contributed by atoms with van der Waals surface area (Å²) < 4.78 is 0. The molecule has 3 rings (SSSR count). The maximum absolute atomic E-state index is 6.13. The van der Waals surface area contributed by atoms with Gasteiger partial charge in [-0.05, 0) is 36.6 Å². The monoisotopic (exact) mass is 252 g/mol. The number of anilines is 1. The van der Waals surface area contributed by atoms with Gasteiger partial charge in [0.2, 0.25) is 0 Å². The molecule has 1 heterocycles. The van der Waals surface area contributed by atoms with Crippen molar-refractivity contribution in [2.45, 2.75) is 31.8 Å². The summed E-state index contributed by atoms with van der Waals surface area (Å²) in [4.78, 5) is 0. The molecule has 0 aliphatic carbocycles. The Balaban J connectivity index is 2.19.